The van der Waals surface area contributed by atoms with Gasteiger partial charge in [-0.2, -0.15) is 21.6 Å². The van der Waals surface area contributed by atoms with Gasteiger partial charge in [0.1, 0.15) is 11.6 Å². The minimum Gasteiger partial charge on any atom is -0.469 e. The summed E-state index contributed by atoms with van der Waals surface area (Å²) in [5.74, 6) is -0.150. The van der Waals surface area contributed by atoms with Gasteiger partial charge in [-0.05, 0) is 48.6 Å². The number of nitrogens with zero attached hydrogens (tertiary/aromatic N) is 3. The van der Waals surface area contributed by atoms with Gasteiger partial charge in [0, 0.05) is 25.1 Å². The van der Waals surface area contributed by atoms with Crippen molar-refractivity contribution in [3.63, 3.8) is 0 Å². The van der Waals surface area contributed by atoms with Crippen LogP contribution in [0.25, 0.3) is 17.3 Å². The second kappa shape index (κ2) is 11.4. The van der Waals surface area contributed by atoms with E-state index >= 15 is 0 Å². The number of methoxy groups -OCH3 is 1. The Bertz CT molecular complexity index is 1480. The summed E-state index contributed by atoms with van der Waals surface area (Å²) in [6.45, 7) is 4.78. The first kappa shape index (κ1) is 28.1. The first-order valence-electron chi connectivity index (χ1n) is 12.1. The molecule has 0 spiro atoms. The standard InChI is InChI=1S/C27H27F3N4O4S/c1-3-19-9-4-5-10-20(19)26-21(27(28,29)30)13-14-22(31-26)33-39(36,37)24-12-6-11-23(32-24)34-15-7-8-18(17-34)16-25(35)38-2/h3-6,9-14,18H,1,7-8,15-17H2,2H3,(H,31,33). The van der Waals surface area contributed by atoms with Gasteiger partial charge in [0.15, 0.2) is 5.03 Å². The molecule has 1 N–H and O–H groups in total. The summed E-state index contributed by atoms with van der Waals surface area (Å²) < 4.78 is 74.8. The number of pyridine rings is 2. The van der Waals surface area contributed by atoms with Crippen molar-refractivity contribution in [2.75, 3.05) is 29.8 Å². The van der Waals surface area contributed by atoms with E-state index in [1.54, 1.807) is 24.3 Å². The Morgan fingerprint density at radius 2 is 1.92 bits per heavy atom. The molecule has 1 aromatic carbocycles. The van der Waals surface area contributed by atoms with Crippen molar-refractivity contribution in [1.82, 2.24) is 9.97 Å². The molecule has 8 nitrogen and oxygen atoms in total. The number of hydrogen-bond acceptors (Lipinski definition) is 7. The molecule has 39 heavy (non-hydrogen) atoms. The number of benzene rings is 1. The highest BCUT2D eigenvalue weighted by Crippen LogP contribution is 2.38. The smallest absolute Gasteiger partial charge is 0.418 e. The predicted molar refractivity (Wildman–Crippen MR) is 141 cm³/mol. The van der Waals surface area contributed by atoms with E-state index in [2.05, 4.69) is 21.3 Å². The average molecular weight is 561 g/mol. The third kappa shape index (κ3) is 6.56. The van der Waals surface area contributed by atoms with E-state index in [1.807, 2.05) is 4.90 Å². The zero-order chi connectivity index (χ0) is 28.2. The van der Waals surface area contributed by atoms with Crippen LogP contribution in [0.4, 0.5) is 24.8 Å². The van der Waals surface area contributed by atoms with Crippen molar-refractivity contribution in [3.05, 3.63) is 72.3 Å². The number of esters is 1. The molecule has 1 unspecified atom stereocenters. The molecule has 0 aliphatic carbocycles. The van der Waals surface area contributed by atoms with E-state index in [0.29, 0.717) is 24.5 Å². The lowest BCUT2D eigenvalue weighted by Gasteiger charge is -2.33. The number of anilines is 2. The van der Waals surface area contributed by atoms with E-state index < -0.39 is 27.5 Å². The molecule has 4 rings (SSSR count). The summed E-state index contributed by atoms with van der Waals surface area (Å²) in [6, 6.07) is 12.5. The molecule has 206 valence electrons. The number of sulfonamides is 1. The van der Waals surface area contributed by atoms with Crippen molar-refractivity contribution >= 4 is 33.7 Å². The first-order chi connectivity index (χ1) is 18.5. The molecule has 1 saturated heterocycles. The molecule has 1 atom stereocenters. The van der Waals surface area contributed by atoms with Gasteiger partial charge in [0.25, 0.3) is 10.0 Å². The Labute approximate surface area is 224 Å². The number of piperidine rings is 1. The summed E-state index contributed by atoms with van der Waals surface area (Å²) in [6.07, 6.45) is -1.43. The van der Waals surface area contributed by atoms with Crippen molar-refractivity contribution in [2.24, 2.45) is 5.92 Å². The number of ether oxygens (including phenoxy) is 1. The first-order valence-corrected chi connectivity index (χ1v) is 13.6. The second-order valence-electron chi connectivity index (χ2n) is 9.06. The van der Waals surface area contributed by atoms with Crippen LogP contribution in [0.2, 0.25) is 0 Å². The van der Waals surface area contributed by atoms with Crippen LogP contribution in [-0.4, -0.2) is 44.6 Å². The molecule has 3 aromatic rings. The van der Waals surface area contributed by atoms with E-state index in [1.165, 1.54) is 31.4 Å². The topological polar surface area (TPSA) is 101 Å². The van der Waals surface area contributed by atoms with Gasteiger partial charge in [-0.3, -0.25) is 9.52 Å². The molecule has 0 radical (unpaired) electrons. The molecule has 0 bridgehead atoms. The summed E-state index contributed by atoms with van der Waals surface area (Å²) in [7, 11) is -2.97. The summed E-state index contributed by atoms with van der Waals surface area (Å²) in [5, 5.41) is -0.315. The normalized spacial score (nSPS) is 16.0. The molecule has 1 aliphatic heterocycles. The highest BCUT2D eigenvalue weighted by molar-refractivity contribution is 7.92. The van der Waals surface area contributed by atoms with Crippen LogP contribution in [0.5, 0.6) is 0 Å². The maximum atomic E-state index is 13.8. The maximum Gasteiger partial charge on any atom is 0.418 e. The molecule has 3 heterocycles. The lowest BCUT2D eigenvalue weighted by molar-refractivity contribution is -0.141. The predicted octanol–water partition coefficient (Wildman–Crippen LogP) is 5.39. The monoisotopic (exact) mass is 560 g/mol. The molecular formula is C27H27F3N4O4S. The SMILES string of the molecule is C=Cc1ccccc1-c1nc(NS(=O)(=O)c2cccc(N3CCCC(CC(=O)OC)C3)n2)ccc1C(F)(F)F. The van der Waals surface area contributed by atoms with E-state index in [4.69, 9.17) is 4.74 Å². The molecular weight excluding hydrogens is 533 g/mol. The number of aromatic nitrogens is 2. The highest BCUT2D eigenvalue weighted by Gasteiger charge is 2.35. The van der Waals surface area contributed by atoms with Gasteiger partial charge in [0.05, 0.1) is 18.4 Å². The summed E-state index contributed by atoms with van der Waals surface area (Å²) >= 11 is 0. The zero-order valence-electron chi connectivity index (χ0n) is 21.1. The third-order valence-corrected chi connectivity index (χ3v) is 7.64. The number of hydrogen-bond donors (Lipinski definition) is 1. The second-order valence-corrected chi connectivity index (χ2v) is 10.7. The average Bonchev–Trinajstić information content (AvgIpc) is 2.92. The quantitative estimate of drug-likeness (QED) is 0.369. The summed E-state index contributed by atoms with van der Waals surface area (Å²) in [4.78, 5) is 21.9. The zero-order valence-corrected chi connectivity index (χ0v) is 21.9. The molecule has 1 fully saturated rings. The van der Waals surface area contributed by atoms with Crippen LogP contribution in [-0.2, 0) is 25.7 Å². The Morgan fingerprint density at radius 3 is 2.64 bits per heavy atom. The molecule has 12 heteroatoms. The Balaban J connectivity index is 1.63. The van der Waals surface area contributed by atoms with Crippen molar-refractivity contribution < 1.29 is 31.1 Å². The lowest BCUT2D eigenvalue weighted by Crippen LogP contribution is -2.37. The van der Waals surface area contributed by atoms with E-state index in [-0.39, 0.29) is 34.7 Å². The van der Waals surface area contributed by atoms with Gasteiger partial charge in [0.2, 0.25) is 0 Å². The van der Waals surface area contributed by atoms with Crippen LogP contribution in [0, 0.1) is 5.92 Å². The molecule has 0 amide bonds. The van der Waals surface area contributed by atoms with Gasteiger partial charge in [-0.25, -0.2) is 9.97 Å². The number of carbonyl (C=O) groups excluding carboxylic acids is 1. The van der Waals surface area contributed by atoms with Crippen LogP contribution in [0.15, 0.2) is 66.2 Å². The number of nitrogens with one attached hydrogen (secondary N) is 1. The fraction of sp³-hybridized carbons (Fsp3) is 0.296. The van der Waals surface area contributed by atoms with E-state index in [9.17, 15) is 26.4 Å². The van der Waals surface area contributed by atoms with E-state index in [0.717, 1.165) is 25.0 Å². The van der Waals surface area contributed by atoms with Gasteiger partial charge in [-0.1, -0.05) is 43.0 Å². The van der Waals surface area contributed by atoms with Crippen LogP contribution in [0.1, 0.15) is 30.4 Å². The number of halogens is 3. The number of alkyl halides is 3. The lowest BCUT2D eigenvalue weighted by atomic mass is 9.95. The minimum absolute atomic E-state index is 0.0413. The molecule has 2 aromatic heterocycles. The largest absolute Gasteiger partial charge is 0.469 e. The third-order valence-electron chi connectivity index (χ3n) is 6.39. The van der Waals surface area contributed by atoms with Crippen molar-refractivity contribution in [1.29, 1.82) is 0 Å². The fourth-order valence-electron chi connectivity index (χ4n) is 4.52. The Hall–Kier alpha value is -3.93. The van der Waals surface area contributed by atoms with Gasteiger partial charge < -0.3 is 9.64 Å². The highest BCUT2D eigenvalue weighted by atomic mass is 32.2. The van der Waals surface area contributed by atoms with Crippen LogP contribution in [0.3, 0.4) is 0 Å². The van der Waals surface area contributed by atoms with Crippen LogP contribution < -0.4 is 9.62 Å². The summed E-state index contributed by atoms with van der Waals surface area (Å²) in [5.41, 5.74) is -0.860. The Morgan fingerprint density at radius 1 is 1.15 bits per heavy atom. The van der Waals surface area contributed by atoms with Crippen LogP contribution >= 0.6 is 0 Å². The maximum absolute atomic E-state index is 13.8. The minimum atomic E-state index is -4.72. The van der Waals surface area contributed by atoms with Gasteiger partial charge in [-0.15, -0.1) is 0 Å². The van der Waals surface area contributed by atoms with Crippen molar-refractivity contribution in [2.45, 2.75) is 30.5 Å². The Kier molecular flexibility index (Phi) is 8.24. The molecule has 1 aliphatic rings. The molecule has 0 saturated carbocycles. The fourth-order valence-corrected chi connectivity index (χ4v) is 5.48. The van der Waals surface area contributed by atoms with Crippen molar-refractivity contribution in [3.8, 4) is 11.3 Å². The van der Waals surface area contributed by atoms with Gasteiger partial charge >= 0.3 is 12.1 Å². The number of rotatable bonds is 8. The number of carbonyl (C=O) groups is 1.